The van der Waals surface area contributed by atoms with Crippen LogP contribution in [0.5, 0.6) is 0 Å². The maximum Gasteiger partial charge on any atom is 0.344 e. The second-order valence-electron chi connectivity index (χ2n) is 3.42. The highest BCUT2D eigenvalue weighted by Gasteiger charge is 2.12. The van der Waals surface area contributed by atoms with Gasteiger partial charge in [-0.05, 0) is 19.3 Å². The van der Waals surface area contributed by atoms with E-state index in [9.17, 15) is 9.59 Å². The molecule has 0 saturated heterocycles. The normalized spacial score (nSPS) is 11.9. The van der Waals surface area contributed by atoms with Crippen molar-refractivity contribution in [3.05, 3.63) is 0 Å². The molecule has 0 N–H and O–H groups in total. The molecule has 0 aromatic rings. The Bertz CT molecular complexity index is 179. The van der Waals surface area contributed by atoms with Crippen molar-refractivity contribution in [2.45, 2.75) is 52.1 Å². The number of unbranched alkanes of at least 4 members (excludes halogenated alkanes) is 2. The first-order valence-electron chi connectivity index (χ1n) is 5.49. The van der Waals surface area contributed by atoms with Crippen LogP contribution in [-0.2, 0) is 19.1 Å². The molecule has 4 nitrogen and oxygen atoms in total. The van der Waals surface area contributed by atoms with E-state index in [1.165, 1.54) is 0 Å². The zero-order chi connectivity index (χ0) is 11.5. The van der Waals surface area contributed by atoms with Gasteiger partial charge in [-0.1, -0.05) is 26.7 Å². The van der Waals surface area contributed by atoms with Gasteiger partial charge in [0, 0.05) is 0 Å². The summed E-state index contributed by atoms with van der Waals surface area (Å²) in [7, 11) is 0. The van der Waals surface area contributed by atoms with E-state index in [4.69, 9.17) is 4.74 Å². The molecule has 1 atom stereocenters. The summed E-state index contributed by atoms with van der Waals surface area (Å²) in [4.78, 5) is 20.9. The molecule has 15 heavy (non-hydrogen) atoms. The molecule has 0 aliphatic carbocycles. The third kappa shape index (κ3) is 7.97. The quantitative estimate of drug-likeness (QED) is 0.336. The monoisotopic (exact) mass is 216 g/mol. The molecule has 0 bridgehead atoms. The Labute approximate surface area is 90.9 Å². The van der Waals surface area contributed by atoms with Crippen LogP contribution in [0.25, 0.3) is 0 Å². The summed E-state index contributed by atoms with van der Waals surface area (Å²) in [6.07, 6.45) is 5.02. The molecule has 4 heteroatoms. The lowest BCUT2D eigenvalue weighted by atomic mass is 10.1. The van der Waals surface area contributed by atoms with E-state index in [0.717, 1.165) is 32.1 Å². The van der Waals surface area contributed by atoms with Crippen LogP contribution in [0, 0.1) is 0 Å². The molecule has 0 fully saturated rings. The summed E-state index contributed by atoms with van der Waals surface area (Å²) in [6, 6.07) is 0. The smallest absolute Gasteiger partial charge is 0.344 e. The summed E-state index contributed by atoms with van der Waals surface area (Å²) < 4.78 is 9.44. The third-order valence-electron chi connectivity index (χ3n) is 2.15. The van der Waals surface area contributed by atoms with Crippen molar-refractivity contribution in [1.29, 1.82) is 0 Å². The van der Waals surface area contributed by atoms with Gasteiger partial charge in [0.05, 0.1) is 0 Å². The van der Waals surface area contributed by atoms with Gasteiger partial charge in [0.2, 0.25) is 0 Å². The van der Waals surface area contributed by atoms with Crippen LogP contribution in [0.2, 0.25) is 0 Å². The number of ether oxygens (including phenoxy) is 2. The van der Waals surface area contributed by atoms with Gasteiger partial charge in [-0.25, -0.2) is 4.79 Å². The minimum atomic E-state index is -0.467. The minimum Gasteiger partial charge on any atom is -0.460 e. The van der Waals surface area contributed by atoms with Crippen LogP contribution in [0.4, 0.5) is 0 Å². The molecule has 0 saturated carbocycles. The summed E-state index contributed by atoms with van der Waals surface area (Å²) in [5.41, 5.74) is 0. The Balaban J connectivity index is 3.66. The minimum absolute atomic E-state index is 0.0423. The Hall–Kier alpha value is -1.06. The molecular weight excluding hydrogens is 196 g/mol. The molecule has 0 radical (unpaired) electrons. The fourth-order valence-corrected chi connectivity index (χ4v) is 1.29. The molecule has 0 spiro atoms. The van der Waals surface area contributed by atoms with Crippen LogP contribution in [0.1, 0.15) is 46.0 Å². The maximum absolute atomic E-state index is 11.1. The number of carbonyl (C=O) groups is 2. The second kappa shape index (κ2) is 9.49. The van der Waals surface area contributed by atoms with Crippen LogP contribution in [0.15, 0.2) is 0 Å². The highest BCUT2D eigenvalue weighted by molar-refractivity contribution is 5.72. The van der Waals surface area contributed by atoms with Crippen molar-refractivity contribution in [3.63, 3.8) is 0 Å². The molecule has 0 aliphatic rings. The largest absolute Gasteiger partial charge is 0.460 e. The maximum atomic E-state index is 11.1. The zero-order valence-corrected chi connectivity index (χ0v) is 9.53. The van der Waals surface area contributed by atoms with Gasteiger partial charge in [0.15, 0.2) is 6.61 Å². The molecule has 88 valence electrons. The van der Waals surface area contributed by atoms with E-state index in [-0.39, 0.29) is 19.2 Å². The van der Waals surface area contributed by atoms with Crippen molar-refractivity contribution in [1.82, 2.24) is 0 Å². The Morgan fingerprint density at radius 1 is 1.33 bits per heavy atom. The average Bonchev–Trinajstić information content (AvgIpc) is 2.25. The van der Waals surface area contributed by atoms with Gasteiger partial charge in [-0.3, -0.25) is 4.79 Å². The van der Waals surface area contributed by atoms with Gasteiger partial charge in [-0.2, -0.15) is 0 Å². The van der Waals surface area contributed by atoms with Crippen molar-refractivity contribution in [2.75, 3.05) is 6.61 Å². The number of esters is 1. The lowest BCUT2D eigenvalue weighted by Gasteiger charge is -2.15. The standard InChI is InChI=1S/C11H20O4/c1-3-5-6-7-10(4-2)15-11(13)8-14-9-12/h9-10H,3-8H2,1-2H3. The van der Waals surface area contributed by atoms with E-state index in [1.54, 1.807) is 0 Å². The first kappa shape index (κ1) is 13.9. The van der Waals surface area contributed by atoms with Gasteiger partial charge in [0.1, 0.15) is 6.10 Å². The Morgan fingerprint density at radius 2 is 2.07 bits per heavy atom. The summed E-state index contributed by atoms with van der Waals surface area (Å²) >= 11 is 0. The molecule has 0 heterocycles. The van der Waals surface area contributed by atoms with Crippen molar-refractivity contribution in [2.24, 2.45) is 0 Å². The van der Waals surface area contributed by atoms with Crippen LogP contribution in [-0.4, -0.2) is 25.2 Å². The Kier molecular flexibility index (Phi) is 8.82. The second-order valence-corrected chi connectivity index (χ2v) is 3.42. The van der Waals surface area contributed by atoms with E-state index in [1.807, 2.05) is 6.92 Å². The zero-order valence-electron chi connectivity index (χ0n) is 9.53. The average molecular weight is 216 g/mol. The number of carbonyl (C=O) groups excluding carboxylic acids is 2. The number of rotatable bonds is 9. The fourth-order valence-electron chi connectivity index (χ4n) is 1.29. The highest BCUT2D eigenvalue weighted by atomic mass is 16.6. The molecule has 0 aromatic carbocycles. The van der Waals surface area contributed by atoms with Crippen LogP contribution in [0.3, 0.4) is 0 Å². The van der Waals surface area contributed by atoms with Gasteiger partial charge < -0.3 is 9.47 Å². The fraction of sp³-hybridized carbons (Fsp3) is 0.818. The lowest BCUT2D eigenvalue weighted by molar-refractivity contribution is -0.158. The molecule has 0 aliphatic heterocycles. The SMILES string of the molecule is CCCCCC(CC)OC(=O)COC=O. The van der Waals surface area contributed by atoms with Crippen molar-refractivity contribution >= 4 is 12.4 Å². The third-order valence-corrected chi connectivity index (χ3v) is 2.15. The molecular formula is C11H20O4. The topological polar surface area (TPSA) is 52.6 Å². The molecule has 0 rings (SSSR count). The van der Waals surface area contributed by atoms with E-state index in [0.29, 0.717) is 0 Å². The predicted molar refractivity (Wildman–Crippen MR) is 56.3 cm³/mol. The first-order valence-corrected chi connectivity index (χ1v) is 5.49. The lowest BCUT2D eigenvalue weighted by Crippen LogP contribution is -2.21. The molecule has 0 aromatic heterocycles. The van der Waals surface area contributed by atoms with E-state index >= 15 is 0 Å². The molecule has 0 amide bonds. The summed E-state index contributed by atoms with van der Waals surface area (Å²) in [6.45, 7) is 4.07. The summed E-state index contributed by atoms with van der Waals surface area (Å²) in [5, 5.41) is 0. The number of hydrogen-bond donors (Lipinski definition) is 0. The van der Waals surface area contributed by atoms with Gasteiger partial charge in [0.25, 0.3) is 6.47 Å². The predicted octanol–water partition coefficient (Wildman–Crippen LogP) is 2.06. The van der Waals surface area contributed by atoms with E-state index in [2.05, 4.69) is 11.7 Å². The van der Waals surface area contributed by atoms with Crippen LogP contribution < -0.4 is 0 Å². The van der Waals surface area contributed by atoms with Crippen molar-refractivity contribution < 1.29 is 19.1 Å². The van der Waals surface area contributed by atoms with Crippen molar-refractivity contribution in [3.8, 4) is 0 Å². The van der Waals surface area contributed by atoms with Gasteiger partial charge >= 0.3 is 5.97 Å². The van der Waals surface area contributed by atoms with Gasteiger partial charge in [-0.15, -0.1) is 0 Å². The summed E-state index contributed by atoms with van der Waals surface area (Å²) in [5.74, 6) is -0.467. The van der Waals surface area contributed by atoms with E-state index < -0.39 is 5.97 Å². The van der Waals surface area contributed by atoms with Crippen LogP contribution >= 0.6 is 0 Å². The Morgan fingerprint density at radius 3 is 2.60 bits per heavy atom. The molecule has 1 unspecified atom stereocenters. The highest BCUT2D eigenvalue weighted by Crippen LogP contribution is 2.10. The first-order chi connectivity index (χ1) is 7.24. The number of hydrogen-bond acceptors (Lipinski definition) is 4.